The maximum absolute atomic E-state index is 14.5. The molecule has 5 heteroatoms. The van der Waals surface area contributed by atoms with Crippen LogP contribution in [0.15, 0.2) is 18.2 Å². The number of hydrogen-bond acceptors (Lipinski definition) is 4. The highest BCUT2D eigenvalue weighted by molar-refractivity contribution is 6.00. The third-order valence-corrected chi connectivity index (χ3v) is 5.22. The molecule has 1 fully saturated rings. The predicted octanol–water partition coefficient (Wildman–Crippen LogP) is 2.44. The van der Waals surface area contributed by atoms with Gasteiger partial charge in [0.1, 0.15) is 11.7 Å². The number of ketones is 1. The van der Waals surface area contributed by atoms with Gasteiger partial charge in [0, 0.05) is 18.5 Å². The number of piperidine rings is 1. The molecule has 0 amide bonds. The molecule has 2 atom stereocenters. The lowest BCUT2D eigenvalue weighted by atomic mass is 9.69. The SMILES string of the molecule is CCOC(=O)C1CN(C)C2(CCCc3cccc(F)c32)CC1=O. The number of carbonyl (C=O) groups is 2. The van der Waals surface area contributed by atoms with E-state index in [1.807, 2.05) is 18.0 Å². The minimum absolute atomic E-state index is 0.141. The van der Waals surface area contributed by atoms with E-state index in [0.29, 0.717) is 5.56 Å². The fourth-order valence-electron chi connectivity index (χ4n) is 4.10. The van der Waals surface area contributed by atoms with Gasteiger partial charge in [-0.15, -0.1) is 0 Å². The van der Waals surface area contributed by atoms with Crippen molar-refractivity contribution in [3.05, 3.63) is 35.1 Å². The van der Waals surface area contributed by atoms with Gasteiger partial charge in [-0.05, 0) is 44.9 Å². The van der Waals surface area contributed by atoms with Crippen LogP contribution in [0.1, 0.15) is 37.3 Å². The van der Waals surface area contributed by atoms with Crippen LogP contribution in [0, 0.1) is 11.7 Å². The topological polar surface area (TPSA) is 46.6 Å². The van der Waals surface area contributed by atoms with Crippen molar-refractivity contribution in [2.45, 2.75) is 38.1 Å². The van der Waals surface area contributed by atoms with E-state index < -0.39 is 17.4 Å². The maximum Gasteiger partial charge on any atom is 0.317 e. The molecule has 4 nitrogen and oxygen atoms in total. The third-order valence-electron chi connectivity index (χ3n) is 5.22. The Bertz CT molecular complexity index is 645. The summed E-state index contributed by atoms with van der Waals surface area (Å²) in [6.07, 6.45) is 2.65. The lowest BCUT2D eigenvalue weighted by Gasteiger charge is -2.49. The van der Waals surface area contributed by atoms with E-state index >= 15 is 0 Å². The lowest BCUT2D eigenvalue weighted by molar-refractivity contribution is -0.157. The van der Waals surface area contributed by atoms with Gasteiger partial charge in [0.15, 0.2) is 5.78 Å². The number of Topliss-reactive ketones (excluding diaryl/α,β-unsaturated/α-hetero) is 1. The Labute approximate surface area is 135 Å². The van der Waals surface area contributed by atoms with Gasteiger partial charge in [-0.1, -0.05) is 12.1 Å². The molecule has 1 saturated heterocycles. The average molecular weight is 319 g/mol. The number of ether oxygens (including phenoxy) is 1. The second-order valence-electron chi connectivity index (χ2n) is 6.49. The van der Waals surface area contributed by atoms with Gasteiger partial charge in [0.25, 0.3) is 0 Å². The second kappa shape index (κ2) is 6.04. The van der Waals surface area contributed by atoms with E-state index in [2.05, 4.69) is 0 Å². The van der Waals surface area contributed by atoms with Gasteiger partial charge in [-0.25, -0.2) is 4.39 Å². The van der Waals surface area contributed by atoms with Gasteiger partial charge in [0.2, 0.25) is 0 Å². The molecule has 124 valence electrons. The molecule has 0 saturated carbocycles. The quantitative estimate of drug-likeness (QED) is 0.620. The van der Waals surface area contributed by atoms with Gasteiger partial charge >= 0.3 is 5.97 Å². The zero-order valence-electron chi connectivity index (χ0n) is 13.6. The van der Waals surface area contributed by atoms with Crippen LogP contribution in [0.25, 0.3) is 0 Å². The summed E-state index contributed by atoms with van der Waals surface area (Å²) in [5.74, 6) is -1.62. The van der Waals surface area contributed by atoms with E-state index in [4.69, 9.17) is 4.74 Å². The minimum atomic E-state index is -0.761. The summed E-state index contributed by atoms with van der Waals surface area (Å²) in [4.78, 5) is 26.6. The largest absolute Gasteiger partial charge is 0.465 e. The first-order valence-electron chi connectivity index (χ1n) is 8.18. The number of hydrogen-bond donors (Lipinski definition) is 0. The van der Waals surface area contributed by atoms with E-state index in [1.54, 1.807) is 13.0 Å². The van der Waals surface area contributed by atoms with Crippen LogP contribution in [0.2, 0.25) is 0 Å². The smallest absolute Gasteiger partial charge is 0.317 e. The fourth-order valence-corrected chi connectivity index (χ4v) is 4.10. The molecule has 0 N–H and O–H groups in total. The Morgan fingerprint density at radius 1 is 1.48 bits per heavy atom. The van der Waals surface area contributed by atoms with Crippen molar-refractivity contribution >= 4 is 11.8 Å². The molecule has 0 radical (unpaired) electrons. The molecule has 23 heavy (non-hydrogen) atoms. The van der Waals surface area contributed by atoms with Crippen LogP contribution in [-0.2, 0) is 26.3 Å². The number of aryl methyl sites for hydroxylation is 1. The minimum Gasteiger partial charge on any atom is -0.465 e. The zero-order chi connectivity index (χ0) is 16.6. The van der Waals surface area contributed by atoms with Crippen LogP contribution >= 0.6 is 0 Å². The summed E-state index contributed by atoms with van der Waals surface area (Å²) in [7, 11) is 1.88. The van der Waals surface area contributed by atoms with Crippen molar-refractivity contribution < 1.29 is 18.7 Å². The number of benzene rings is 1. The number of carbonyl (C=O) groups excluding carboxylic acids is 2. The first-order chi connectivity index (χ1) is 11.0. The summed E-state index contributed by atoms with van der Waals surface area (Å²) < 4.78 is 19.6. The number of rotatable bonds is 2. The van der Waals surface area contributed by atoms with E-state index in [0.717, 1.165) is 24.8 Å². The molecule has 2 unspecified atom stereocenters. The predicted molar refractivity (Wildman–Crippen MR) is 83.4 cm³/mol. The molecule has 1 aliphatic carbocycles. The Kier molecular flexibility index (Phi) is 4.23. The van der Waals surface area contributed by atoms with Crippen molar-refractivity contribution in [3.8, 4) is 0 Å². The molecular formula is C18H22FNO3. The fraction of sp³-hybridized carbons (Fsp3) is 0.556. The Morgan fingerprint density at radius 3 is 3.00 bits per heavy atom. The lowest BCUT2D eigenvalue weighted by Crippen LogP contribution is -2.56. The van der Waals surface area contributed by atoms with Crippen molar-refractivity contribution in [1.82, 2.24) is 4.90 Å². The highest BCUT2D eigenvalue weighted by atomic mass is 19.1. The first kappa shape index (κ1) is 16.1. The summed E-state index contributed by atoms with van der Waals surface area (Å²) >= 11 is 0. The normalized spacial score (nSPS) is 27.8. The van der Waals surface area contributed by atoms with E-state index in [-0.39, 0.29) is 31.2 Å². The monoisotopic (exact) mass is 319 g/mol. The Hall–Kier alpha value is -1.75. The molecule has 0 aromatic heterocycles. The Balaban J connectivity index is 1.97. The molecular weight excluding hydrogens is 297 g/mol. The van der Waals surface area contributed by atoms with Crippen LogP contribution in [0.4, 0.5) is 4.39 Å². The third kappa shape index (κ3) is 2.57. The number of likely N-dealkylation sites (tertiary alicyclic amines) is 1. The molecule has 0 bridgehead atoms. The maximum atomic E-state index is 14.5. The van der Waals surface area contributed by atoms with Crippen LogP contribution in [-0.4, -0.2) is 36.9 Å². The number of nitrogens with zero attached hydrogens (tertiary/aromatic N) is 1. The van der Waals surface area contributed by atoms with Gasteiger partial charge in [0.05, 0.1) is 12.1 Å². The molecule has 1 aliphatic heterocycles. The van der Waals surface area contributed by atoms with E-state index in [9.17, 15) is 14.0 Å². The second-order valence-corrected chi connectivity index (χ2v) is 6.49. The molecule has 1 spiro atoms. The number of fused-ring (bicyclic) bond motifs is 2. The van der Waals surface area contributed by atoms with E-state index in [1.165, 1.54) is 6.07 Å². The van der Waals surface area contributed by atoms with Gasteiger partial charge < -0.3 is 4.74 Å². The highest BCUT2D eigenvalue weighted by Crippen LogP contribution is 2.46. The van der Waals surface area contributed by atoms with Crippen molar-refractivity contribution in [2.75, 3.05) is 20.2 Å². The Morgan fingerprint density at radius 2 is 2.26 bits per heavy atom. The van der Waals surface area contributed by atoms with Gasteiger partial charge in [-0.3, -0.25) is 14.5 Å². The standard InChI is InChI=1S/C18H22FNO3/c1-3-23-17(22)13-11-20(2)18(10-15(13)21)9-5-7-12-6-4-8-14(19)16(12)18/h4,6,8,13H,3,5,7,9-11H2,1-2H3. The van der Waals surface area contributed by atoms with Crippen LogP contribution < -0.4 is 0 Å². The average Bonchev–Trinajstić information content (AvgIpc) is 2.51. The molecule has 1 aromatic rings. The first-order valence-corrected chi connectivity index (χ1v) is 8.18. The molecule has 1 aromatic carbocycles. The van der Waals surface area contributed by atoms with Crippen molar-refractivity contribution in [3.63, 3.8) is 0 Å². The summed E-state index contributed by atoms with van der Waals surface area (Å²) in [6.45, 7) is 2.27. The zero-order valence-corrected chi connectivity index (χ0v) is 13.6. The number of halogens is 1. The summed E-state index contributed by atoms with van der Waals surface area (Å²) in [5.41, 5.74) is 0.994. The summed E-state index contributed by atoms with van der Waals surface area (Å²) in [5, 5.41) is 0. The molecule has 1 heterocycles. The van der Waals surface area contributed by atoms with Crippen LogP contribution in [0.3, 0.4) is 0 Å². The molecule has 2 aliphatic rings. The van der Waals surface area contributed by atoms with Crippen molar-refractivity contribution in [2.24, 2.45) is 5.92 Å². The highest BCUT2D eigenvalue weighted by Gasteiger charge is 2.50. The number of esters is 1. The van der Waals surface area contributed by atoms with Crippen molar-refractivity contribution in [1.29, 1.82) is 0 Å². The van der Waals surface area contributed by atoms with Crippen LogP contribution in [0.5, 0.6) is 0 Å². The molecule has 3 rings (SSSR count). The van der Waals surface area contributed by atoms with Gasteiger partial charge in [-0.2, -0.15) is 0 Å². The summed E-state index contributed by atoms with van der Waals surface area (Å²) in [6, 6.07) is 5.12.